The summed E-state index contributed by atoms with van der Waals surface area (Å²) in [6.45, 7) is 3.22. The fraction of sp³-hybridized carbons (Fsp3) is 0.375. The Balaban J connectivity index is 2.46. The lowest BCUT2D eigenvalue weighted by Gasteiger charge is -2.22. The quantitative estimate of drug-likeness (QED) is 0.471. The highest BCUT2D eigenvalue weighted by atomic mass is 32.2. The van der Waals surface area contributed by atoms with Crippen molar-refractivity contribution in [1.82, 2.24) is 5.32 Å². The SMILES string of the molecule is CCC(=O)NC(C(C(C)=O)=C1SCCS1)c1ccc([N+](=O)[O-])cc1. The lowest BCUT2D eigenvalue weighted by atomic mass is 9.96. The monoisotopic (exact) mass is 366 g/mol. The number of amides is 1. The van der Waals surface area contributed by atoms with Gasteiger partial charge in [-0.15, -0.1) is 23.5 Å². The average molecular weight is 366 g/mol. The summed E-state index contributed by atoms with van der Waals surface area (Å²) in [5.41, 5.74) is 1.19. The number of hydrogen-bond donors (Lipinski definition) is 1. The van der Waals surface area contributed by atoms with Crippen molar-refractivity contribution in [3.63, 3.8) is 0 Å². The van der Waals surface area contributed by atoms with E-state index in [9.17, 15) is 19.7 Å². The van der Waals surface area contributed by atoms with Crippen LogP contribution in [0.2, 0.25) is 0 Å². The van der Waals surface area contributed by atoms with Crippen molar-refractivity contribution in [2.75, 3.05) is 11.5 Å². The van der Waals surface area contributed by atoms with Gasteiger partial charge in [-0.1, -0.05) is 6.92 Å². The molecule has 1 heterocycles. The third kappa shape index (κ3) is 4.39. The van der Waals surface area contributed by atoms with Gasteiger partial charge in [0.25, 0.3) is 5.69 Å². The van der Waals surface area contributed by atoms with Crippen LogP contribution in [-0.2, 0) is 9.59 Å². The maximum Gasteiger partial charge on any atom is 0.269 e. The highest BCUT2D eigenvalue weighted by Gasteiger charge is 2.28. The van der Waals surface area contributed by atoms with Crippen LogP contribution in [0.25, 0.3) is 0 Å². The summed E-state index contributed by atoms with van der Waals surface area (Å²) < 4.78 is 0.919. The van der Waals surface area contributed by atoms with Crippen molar-refractivity contribution in [3.05, 3.63) is 49.8 Å². The van der Waals surface area contributed by atoms with E-state index < -0.39 is 11.0 Å². The number of nitro groups is 1. The maximum atomic E-state index is 12.2. The van der Waals surface area contributed by atoms with Crippen LogP contribution in [0.15, 0.2) is 34.1 Å². The van der Waals surface area contributed by atoms with Crippen molar-refractivity contribution in [2.45, 2.75) is 26.3 Å². The predicted octanol–water partition coefficient (Wildman–Crippen LogP) is 3.44. The number of benzene rings is 1. The third-order valence-electron chi connectivity index (χ3n) is 3.50. The second-order valence-corrected chi connectivity index (χ2v) is 7.63. The molecule has 0 aliphatic carbocycles. The Labute approximate surface area is 148 Å². The smallest absolute Gasteiger partial charge is 0.269 e. The number of nitro benzene ring substituents is 1. The van der Waals surface area contributed by atoms with Crippen molar-refractivity contribution in [1.29, 1.82) is 0 Å². The zero-order valence-electron chi connectivity index (χ0n) is 13.4. The Morgan fingerprint density at radius 3 is 2.29 bits per heavy atom. The van der Waals surface area contributed by atoms with Gasteiger partial charge in [-0.3, -0.25) is 19.7 Å². The summed E-state index contributed by atoms with van der Waals surface area (Å²) in [6.07, 6.45) is 0.296. The zero-order chi connectivity index (χ0) is 17.7. The molecule has 1 amide bonds. The van der Waals surface area contributed by atoms with E-state index in [0.717, 1.165) is 15.7 Å². The number of Topliss-reactive ketones (excluding diaryl/α,β-unsaturated/α-hetero) is 1. The van der Waals surface area contributed by atoms with Crippen molar-refractivity contribution >= 4 is 40.9 Å². The number of rotatable bonds is 6. The van der Waals surface area contributed by atoms with Gasteiger partial charge >= 0.3 is 0 Å². The Morgan fingerprint density at radius 1 is 1.25 bits per heavy atom. The topological polar surface area (TPSA) is 89.3 Å². The van der Waals surface area contributed by atoms with Gasteiger partial charge < -0.3 is 5.32 Å². The molecule has 1 saturated heterocycles. The molecule has 2 rings (SSSR count). The van der Waals surface area contributed by atoms with Crippen LogP contribution in [0.1, 0.15) is 31.9 Å². The molecule has 128 valence electrons. The van der Waals surface area contributed by atoms with E-state index in [4.69, 9.17) is 0 Å². The van der Waals surface area contributed by atoms with E-state index in [2.05, 4.69) is 5.32 Å². The summed E-state index contributed by atoms with van der Waals surface area (Å²) >= 11 is 3.21. The van der Waals surface area contributed by atoms with E-state index in [1.54, 1.807) is 42.6 Å². The van der Waals surface area contributed by atoms with Gasteiger partial charge in [0.1, 0.15) is 0 Å². The van der Waals surface area contributed by atoms with E-state index in [0.29, 0.717) is 17.6 Å². The van der Waals surface area contributed by atoms with Gasteiger partial charge in [-0.2, -0.15) is 0 Å². The Kier molecular flexibility index (Phi) is 6.44. The van der Waals surface area contributed by atoms with Crippen molar-refractivity contribution in [3.8, 4) is 0 Å². The van der Waals surface area contributed by atoms with Gasteiger partial charge in [-0.05, 0) is 24.6 Å². The molecule has 1 fully saturated rings. The number of non-ortho nitro benzene ring substituents is 1. The minimum Gasteiger partial charge on any atom is -0.345 e. The summed E-state index contributed by atoms with van der Waals surface area (Å²) in [4.78, 5) is 34.5. The standard InChI is InChI=1S/C16H18N2O4S2/c1-3-13(20)17-15(11-4-6-12(7-5-11)18(21)22)14(10(2)19)16-23-8-9-24-16/h4-7,15H,3,8-9H2,1-2H3,(H,17,20). The molecule has 0 aromatic heterocycles. The first-order valence-electron chi connectivity index (χ1n) is 7.48. The van der Waals surface area contributed by atoms with E-state index in [1.165, 1.54) is 19.1 Å². The number of hydrogen-bond acceptors (Lipinski definition) is 6. The zero-order valence-corrected chi connectivity index (χ0v) is 15.0. The fourth-order valence-corrected chi connectivity index (χ4v) is 5.01. The first-order chi connectivity index (χ1) is 11.4. The molecule has 1 aromatic carbocycles. The first kappa shape index (κ1) is 18.5. The molecule has 8 heteroatoms. The molecule has 1 aliphatic heterocycles. The summed E-state index contributed by atoms with van der Waals surface area (Å²) in [5, 5.41) is 13.7. The van der Waals surface area contributed by atoms with Crippen LogP contribution in [-0.4, -0.2) is 28.1 Å². The number of carbonyl (C=O) groups excluding carboxylic acids is 2. The maximum absolute atomic E-state index is 12.2. The molecule has 0 radical (unpaired) electrons. The number of thioether (sulfide) groups is 2. The van der Waals surface area contributed by atoms with Crippen LogP contribution in [0.4, 0.5) is 5.69 Å². The Morgan fingerprint density at radius 2 is 1.83 bits per heavy atom. The molecule has 1 atom stereocenters. The molecule has 1 unspecified atom stereocenters. The van der Waals surface area contributed by atoms with Gasteiger partial charge in [0.05, 0.1) is 11.0 Å². The van der Waals surface area contributed by atoms with Crippen LogP contribution in [0.3, 0.4) is 0 Å². The largest absolute Gasteiger partial charge is 0.345 e. The molecule has 0 spiro atoms. The van der Waals surface area contributed by atoms with Crippen LogP contribution >= 0.6 is 23.5 Å². The van der Waals surface area contributed by atoms with Crippen molar-refractivity contribution < 1.29 is 14.5 Å². The number of nitrogens with one attached hydrogen (secondary N) is 1. The van der Waals surface area contributed by atoms with E-state index >= 15 is 0 Å². The van der Waals surface area contributed by atoms with E-state index in [1.807, 2.05) is 0 Å². The molecular formula is C16H18N2O4S2. The minimum absolute atomic E-state index is 0.0269. The summed E-state index contributed by atoms with van der Waals surface area (Å²) in [7, 11) is 0. The van der Waals surface area contributed by atoms with Crippen molar-refractivity contribution in [2.24, 2.45) is 0 Å². The molecule has 0 saturated carbocycles. The number of carbonyl (C=O) groups is 2. The summed E-state index contributed by atoms with van der Waals surface area (Å²) in [5.74, 6) is 1.56. The molecule has 1 aromatic rings. The van der Waals surface area contributed by atoms with Gasteiger partial charge in [0, 0.05) is 39.9 Å². The lowest BCUT2D eigenvalue weighted by molar-refractivity contribution is -0.384. The van der Waals surface area contributed by atoms with Crippen LogP contribution < -0.4 is 5.32 Å². The molecule has 0 bridgehead atoms. The summed E-state index contributed by atoms with van der Waals surface area (Å²) in [6, 6.07) is 5.36. The highest BCUT2D eigenvalue weighted by molar-refractivity contribution is 8.25. The normalized spacial score (nSPS) is 15.0. The first-order valence-corrected chi connectivity index (χ1v) is 9.45. The number of nitrogens with zero attached hydrogens (tertiary/aromatic N) is 1. The molecule has 24 heavy (non-hydrogen) atoms. The van der Waals surface area contributed by atoms with Gasteiger partial charge in [0.15, 0.2) is 5.78 Å². The Bertz CT molecular complexity index is 678. The van der Waals surface area contributed by atoms with E-state index in [-0.39, 0.29) is 17.4 Å². The minimum atomic E-state index is -0.594. The molecule has 6 nitrogen and oxygen atoms in total. The second-order valence-electron chi connectivity index (χ2n) is 5.16. The second kappa shape index (κ2) is 8.34. The average Bonchev–Trinajstić information content (AvgIpc) is 3.07. The highest BCUT2D eigenvalue weighted by Crippen LogP contribution is 2.42. The lowest BCUT2D eigenvalue weighted by Crippen LogP contribution is -2.31. The number of ketones is 1. The predicted molar refractivity (Wildman–Crippen MR) is 96.9 cm³/mol. The van der Waals surface area contributed by atoms with Crippen LogP contribution in [0, 0.1) is 10.1 Å². The third-order valence-corrected chi connectivity index (χ3v) is 6.25. The molecule has 1 N–H and O–H groups in total. The van der Waals surface area contributed by atoms with Gasteiger partial charge in [-0.25, -0.2) is 0 Å². The molecule has 1 aliphatic rings. The van der Waals surface area contributed by atoms with Gasteiger partial charge in [0.2, 0.25) is 5.91 Å². The fourth-order valence-electron chi connectivity index (χ4n) is 2.30. The molecular weight excluding hydrogens is 348 g/mol. The Hall–Kier alpha value is -1.80. The van der Waals surface area contributed by atoms with Crippen LogP contribution in [0.5, 0.6) is 0 Å².